The van der Waals surface area contributed by atoms with E-state index < -0.39 is 35.5 Å². The van der Waals surface area contributed by atoms with Crippen LogP contribution in [0.3, 0.4) is 0 Å². The summed E-state index contributed by atoms with van der Waals surface area (Å²) in [6, 6.07) is 8.63. The average molecular weight is 813 g/mol. The van der Waals surface area contributed by atoms with Gasteiger partial charge in [-0.15, -0.1) is 0 Å². The zero-order chi connectivity index (χ0) is 43.3. The number of likely N-dealkylation sites (N-methyl/N-ethyl adjacent to an activating group) is 2. The Bertz CT molecular complexity index is 1480. The van der Waals surface area contributed by atoms with Gasteiger partial charge >= 0.3 is 0 Å². The minimum atomic E-state index is -1.04. The number of ketones is 2. The molecule has 1 aromatic rings. The third kappa shape index (κ3) is 12.4. The van der Waals surface area contributed by atoms with Gasteiger partial charge in [0.1, 0.15) is 5.78 Å². The number of methoxy groups -OCH3 is 2. The number of amides is 3. The summed E-state index contributed by atoms with van der Waals surface area (Å²) in [5, 5.41) is 4.56. The first-order valence-corrected chi connectivity index (χ1v) is 21.8. The molecule has 0 aliphatic carbocycles. The summed E-state index contributed by atoms with van der Waals surface area (Å²) in [6.45, 7) is 17.2. The molecule has 0 spiro atoms. The van der Waals surface area contributed by atoms with E-state index in [-0.39, 0.29) is 78.4 Å². The van der Waals surface area contributed by atoms with Gasteiger partial charge in [-0.25, -0.2) is 5.06 Å². The lowest BCUT2D eigenvalue weighted by atomic mass is 9.75. The van der Waals surface area contributed by atoms with Gasteiger partial charge < -0.3 is 24.6 Å². The van der Waals surface area contributed by atoms with Crippen molar-refractivity contribution in [1.82, 2.24) is 20.2 Å². The van der Waals surface area contributed by atoms with E-state index in [9.17, 15) is 24.0 Å². The van der Waals surface area contributed by atoms with Crippen LogP contribution in [-0.2, 0) is 44.7 Å². The molecule has 0 bridgehead atoms. The Morgan fingerprint density at radius 1 is 0.914 bits per heavy atom. The zero-order valence-electron chi connectivity index (χ0n) is 37.8. The Labute approximate surface area is 349 Å². The number of hydrogen-bond donors (Lipinski definition) is 1. The van der Waals surface area contributed by atoms with Gasteiger partial charge in [-0.05, 0) is 69.4 Å². The smallest absolute Gasteiger partial charge is 0.252 e. The maximum atomic E-state index is 14.4. The molecular formula is C46H76N4O8. The van der Waals surface area contributed by atoms with Crippen LogP contribution in [0.1, 0.15) is 112 Å². The van der Waals surface area contributed by atoms with Crippen LogP contribution in [0, 0.1) is 35.0 Å². The van der Waals surface area contributed by atoms with Crippen molar-refractivity contribution in [2.75, 3.05) is 48.0 Å². The minimum Gasteiger partial charge on any atom is -0.379 e. The molecule has 2 aliphatic rings. The molecular weight excluding hydrogens is 737 g/mol. The van der Waals surface area contributed by atoms with E-state index in [1.807, 2.05) is 76.8 Å². The summed E-state index contributed by atoms with van der Waals surface area (Å²) in [4.78, 5) is 79.8. The van der Waals surface area contributed by atoms with E-state index in [0.717, 1.165) is 31.2 Å². The van der Waals surface area contributed by atoms with Crippen LogP contribution in [-0.4, -0.2) is 122 Å². The Kier molecular flexibility index (Phi) is 19.5. The largest absolute Gasteiger partial charge is 0.379 e. The van der Waals surface area contributed by atoms with Gasteiger partial charge in [0, 0.05) is 59.0 Å². The SMILES string of the molecule is CC[C@H](C)[C@@H]([C@@H](CC(=O)N1CCC[C@H]1[C@H](OC)[C@@H](C)C(=O)C[C@@](C)(Cc1ccccc1)C(=O)N1CCCCO1)OC)N(C)C(=O)[C@@H](CC(=O)[C@@H](NC)C(C)C)C(C)C. The normalized spacial score (nSPS) is 20.8. The van der Waals surface area contributed by atoms with Crippen molar-refractivity contribution in [3.8, 4) is 0 Å². The maximum Gasteiger partial charge on any atom is 0.252 e. The monoisotopic (exact) mass is 813 g/mol. The standard InChI is InChI=1S/C46H76N4O8/c1-13-32(6)42(48(10)44(54)35(30(2)3)26-37(51)41(47-9)31(4)5)39(56-11)27-40(53)49-23-19-22-36(49)43(57-12)33(7)38(52)29-46(8,28-34-20-15-14-16-21-34)45(55)50-24-17-18-25-58-50/h14-16,20-21,30-33,35-36,39,41-43,47H,13,17-19,22-29H2,1-12H3/t32-,33-,35-,36-,39+,41-,42-,43+,46+/m0/s1. The molecule has 2 saturated heterocycles. The number of nitrogens with zero attached hydrogens (tertiary/aromatic N) is 3. The third-order valence-electron chi connectivity index (χ3n) is 13.0. The van der Waals surface area contributed by atoms with Crippen LogP contribution < -0.4 is 5.32 Å². The molecule has 2 aliphatic heterocycles. The van der Waals surface area contributed by atoms with Gasteiger partial charge in [-0.3, -0.25) is 28.8 Å². The van der Waals surface area contributed by atoms with Crippen molar-refractivity contribution >= 4 is 29.3 Å². The topological polar surface area (TPSA) is 135 Å². The summed E-state index contributed by atoms with van der Waals surface area (Å²) in [5.74, 6) is -1.64. The van der Waals surface area contributed by atoms with E-state index in [0.29, 0.717) is 32.5 Å². The first kappa shape index (κ1) is 49.2. The number of rotatable bonds is 23. The number of hydrogen-bond acceptors (Lipinski definition) is 9. The van der Waals surface area contributed by atoms with Crippen molar-refractivity contribution in [1.29, 1.82) is 0 Å². The molecule has 1 N–H and O–H groups in total. The molecule has 3 rings (SSSR count). The van der Waals surface area contributed by atoms with E-state index >= 15 is 0 Å². The van der Waals surface area contributed by atoms with E-state index in [1.54, 1.807) is 33.2 Å². The number of ether oxygens (including phenoxy) is 2. The second-order valence-electron chi connectivity index (χ2n) is 17.9. The van der Waals surface area contributed by atoms with Gasteiger partial charge in [-0.2, -0.15) is 0 Å². The van der Waals surface area contributed by atoms with E-state index in [2.05, 4.69) is 19.2 Å². The fourth-order valence-electron chi connectivity index (χ4n) is 9.28. The van der Waals surface area contributed by atoms with Crippen molar-refractivity contribution in [3.05, 3.63) is 35.9 Å². The van der Waals surface area contributed by atoms with Gasteiger partial charge in [0.15, 0.2) is 5.78 Å². The highest BCUT2D eigenvalue weighted by Crippen LogP contribution is 2.35. The third-order valence-corrected chi connectivity index (χ3v) is 13.0. The molecule has 0 aromatic heterocycles. The summed E-state index contributed by atoms with van der Waals surface area (Å²) >= 11 is 0. The molecule has 0 radical (unpaired) electrons. The maximum absolute atomic E-state index is 14.4. The molecule has 12 nitrogen and oxygen atoms in total. The van der Waals surface area contributed by atoms with Crippen molar-refractivity contribution in [2.45, 2.75) is 144 Å². The molecule has 0 unspecified atom stereocenters. The fraction of sp³-hybridized carbons (Fsp3) is 0.761. The Balaban J connectivity index is 1.82. The van der Waals surface area contributed by atoms with Crippen LogP contribution in [0.25, 0.3) is 0 Å². The average Bonchev–Trinajstić information content (AvgIpc) is 3.69. The van der Waals surface area contributed by atoms with Gasteiger partial charge in [-0.1, -0.05) is 85.2 Å². The van der Waals surface area contributed by atoms with Gasteiger partial charge in [0.05, 0.1) is 48.8 Å². The quantitative estimate of drug-likeness (QED) is 0.138. The molecule has 2 fully saturated rings. The van der Waals surface area contributed by atoms with Crippen LogP contribution >= 0.6 is 0 Å². The van der Waals surface area contributed by atoms with Crippen LogP contribution in [0.15, 0.2) is 30.3 Å². The van der Waals surface area contributed by atoms with Crippen molar-refractivity contribution in [3.63, 3.8) is 0 Å². The van der Waals surface area contributed by atoms with Crippen molar-refractivity contribution in [2.24, 2.45) is 35.0 Å². The lowest BCUT2D eigenvalue weighted by Gasteiger charge is -2.41. The lowest BCUT2D eigenvalue weighted by molar-refractivity contribution is -0.207. The number of benzene rings is 1. The Morgan fingerprint density at radius 2 is 1.59 bits per heavy atom. The fourth-order valence-corrected chi connectivity index (χ4v) is 9.28. The molecule has 2 heterocycles. The van der Waals surface area contributed by atoms with Crippen LogP contribution in [0.4, 0.5) is 0 Å². The molecule has 12 heteroatoms. The first-order chi connectivity index (χ1) is 27.5. The highest BCUT2D eigenvalue weighted by molar-refractivity contribution is 5.91. The van der Waals surface area contributed by atoms with E-state index in [1.165, 1.54) is 5.06 Å². The van der Waals surface area contributed by atoms with E-state index in [4.69, 9.17) is 14.3 Å². The highest BCUT2D eigenvalue weighted by Gasteiger charge is 2.46. The second-order valence-corrected chi connectivity index (χ2v) is 17.9. The van der Waals surface area contributed by atoms with Gasteiger partial charge in [0.2, 0.25) is 11.8 Å². The predicted octanol–water partition coefficient (Wildman–Crippen LogP) is 6.14. The molecule has 0 saturated carbocycles. The lowest BCUT2D eigenvalue weighted by Crippen LogP contribution is -2.54. The van der Waals surface area contributed by atoms with Gasteiger partial charge in [0.25, 0.3) is 5.91 Å². The van der Waals surface area contributed by atoms with Crippen LogP contribution in [0.2, 0.25) is 0 Å². The molecule has 58 heavy (non-hydrogen) atoms. The zero-order valence-corrected chi connectivity index (χ0v) is 37.8. The summed E-state index contributed by atoms with van der Waals surface area (Å²) < 4.78 is 12.2. The molecule has 1 aromatic carbocycles. The summed E-state index contributed by atoms with van der Waals surface area (Å²) in [6.07, 6.45) is 3.27. The summed E-state index contributed by atoms with van der Waals surface area (Å²) in [5.41, 5.74) is -0.0809. The van der Waals surface area contributed by atoms with Crippen molar-refractivity contribution < 1.29 is 38.3 Å². The molecule has 9 atom stereocenters. The number of hydroxylamine groups is 2. The molecule has 328 valence electrons. The first-order valence-electron chi connectivity index (χ1n) is 21.8. The number of carbonyl (C=O) groups excluding carboxylic acids is 5. The molecule has 3 amide bonds. The Hall–Kier alpha value is -3.19. The highest BCUT2D eigenvalue weighted by atomic mass is 16.7. The number of carbonyl (C=O) groups is 5. The predicted molar refractivity (Wildman–Crippen MR) is 227 cm³/mol. The second kappa shape index (κ2) is 23.0. The minimum absolute atomic E-state index is 0.00102. The van der Waals surface area contributed by atoms with Crippen LogP contribution in [0.5, 0.6) is 0 Å². The number of likely N-dealkylation sites (tertiary alicyclic amines) is 1. The summed E-state index contributed by atoms with van der Waals surface area (Å²) in [7, 11) is 6.71. The Morgan fingerprint density at radius 3 is 2.12 bits per heavy atom. The number of nitrogens with one attached hydrogen (secondary N) is 1. The number of Topliss-reactive ketones (excluding diaryl/α,β-unsaturated/α-hetero) is 2.